The molecule has 8 heteroatoms. The number of nitrogens with zero attached hydrogens (tertiary/aromatic N) is 6. The van der Waals surface area contributed by atoms with E-state index in [0.717, 1.165) is 56.1 Å². The molecule has 1 aromatic heterocycles. The first kappa shape index (κ1) is 22.6. The normalized spacial score (nSPS) is 21.7. The molecule has 1 aliphatic heterocycles. The molecule has 0 amide bonds. The number of hydrogen-bond donors (Lipinski definition) is 2. The van der Waals surface area contributed by atoms with Crippen LogP contribution in [0.4, 0.5) is 5.69 Å². The standard InChI is InChI=1S/C24H38N8/c1-18-15-20(17-32(18)22-11-12-22)27-24(26-16-23-29-28-19(2)31(23)4)25-13-8-14-30(3)21-9-6-5-7-10-21/h5-7,9-10,18,20,22H,8,11-17H2,1-4H3,(H2,25,26,27). The predicted octanol–water partition coefficient (Wildman–Crippen LogP) is 2.31. The number of nitrogens with one attached hydrogen (secondary N) is 2. The molecule has 2 aliphatic rings. The fourth-order valence-corrected chi connectivity index (χ4v) is 4.49. The number of rotatable bonds is 9. The van der Waals surface area contributed by atoms with E-state index in [1.807, 2.05) is 18.5 Å². The first-order valence-corrected chi connectivity index (χ1v) is 11.9. The van der Waals surface area contributed by atoms with E-state index >= 15 is 0 Å². The Morgan fingerprint density at radius 2 is 2.00 bits per heavy atom. The van der Waals surface area contributed by atoms with Crippen LogP contribution in [0.5, 0.6) is 0 Å². The van der Waals surface area contributed by atoms with Gasteiger partial charge in [0.05, 0.1) is 0 Å². The van der Waals surface area contributed by atoms with Gasteiger partial charge in [-0.2, -0.15) is 0 Å². The highest BCUT2D eigenvalue weighted by atomic mass is 15.3. The topological polar surface area (TPSA) is 73.6 Å². The number of anilines is 1. The molecule has 1 saturated heterocycles. The van der Waals surface area contributed by atoms with Crippen molar-refractivity contribution in [3.63, 3.8) is 0 Å². The SMILES string of the molecule is Cc1nnc(CN=C(NCCCN(C)c2ccccc2)NC2CC(C)N(C3CC3)C2)n1C. The number of aryl methyl sites for hydroxylation is 1. The lowest BCUT2D eigenvalue weighted by molar-refractivity contribution is 0.256. The molecular weight excluding hydrogens is 400 g/mol. The molecule has 2 aromatic rings. The summed E-state index contributed by atoms with van der Waals surface area (Å²) < 4.78 is 2.00. The predicted molar refractivity (Wildman–Crippen MR) is 130 cm³/mol. The zero-order chi connectivity index (χ0) is 22.5. The van der Waals surface area contributed by atoms with Gasteiger partial charge in [0, 0.05) is 57.5 Å². The summed E-state index contributed by atoms with van der Waals surface area (Å²) in [6.07, 6.45) is 4.91. The second-order valence-corrected chi connectivity index (χ2v) is 9.28. The average Bonchev–Trinajstić information content (AvgIpc) is 3.51. The van der Waals surface area contributed by atoms with Crippen molar-refractivity contribution in [3.8, 4) is 0 Å². The second kappa shape index (κ2) is 10.3. The van der Waals surface area contributed by atoms with E-state index < -0.39 is 0 Å². The van der Waals surface area contributed by atoms with Crippen molar-refractivity contribution in [2.45, 2.75) is 64.2 Å². The molecular formula is C24H38N8. The maximum absolute atomic E-state index is 4.86. The number of guanidine groups is 1. The lowest BCUT2D eigenvalue weighted by atomic mass is 10.2. The van der Waals surface area contributed by atoms with E-state index in [1.165, 1.54) is 18.5 Å². The molecule has 174 valence electrons. The fraction of sp³-hybridized carbons (Fsp3) is 0.625. The smallest absolute Gasteiger partial charge is 0.191 e. The first-order valence-electron chi connectivity index (χ1n) is 11.9. The molecule has 8 nitrogen and oxygen atoms in total. The molecule has 2 heterocycles. The van der Waals surface area contributed by atoms with Gasteiger partial charge in [0.1, 0.15) is 12.4 Å². The van der Waals surface area contributed by atoms with Crippen LogP contribution in [-0.2, 0) is 13.6 Å². The largest absolute Gasteiger partial charge is 0.375 e. The van der Waals surface area contributed by atoms with Crippen LogP contribution in [0.25, 0.3) is 0 Å². The Morgan fingerprint density at radius 3 is 2.69 bits per heavy atom. The summed E-state index contributed by atoms with van der Waals surface area (Å²) >= 11 is 0. The van der Waals surface area contributed by atoms with Gasteiger partial charge >= 0.3 is 0 Å². The molecule has 2 atom stereocenters. The summed E-state index contributed by atoms with van der Waals surface area (Å²) in [6, 6.07) is 12.4. The van der Waals surface area contributed by atoms with Crippen molar-refractivity contribution >= 4 is 11.6 Å². The Hall–Kier alpha value is -2.61. The van der Waals surface area contributed by atoms with Gasteiger partial charge in [-0.05, 0) is 51.7 Å². The first-order chi connectivity index (χ1) is 15.5. The van der Waals surface area contributed by atoms with E-state index in [0.29, 0.717) is 18.6 Å². The maximum atomic E-state index is 4.86. The molecule has 0 radical (unpaired) electrons. The molecule has 0 spiro atoms. The number of likely N-dealkylation sites (tertiary alicyclic amines) is 1. The zero-order valence-corrected chi connectivity index (χ0v) is 20.0. The van der Waals surface area contributed by atoms with E-state index in [4.69, 9.17) is 4.99 Å². The third-order valence-corrected chi connectivity index (χ3v) is 6.70. The van der Waals surface area contributed by atoms with E-state index in [1.54, 1.807) is 0 Å². The molecule has 2 N–H and O–H groups in total. The lowest BCUT2D eigenvalue weighted by Gasteiger charge is -2.21. The van der Waals surface area contributed by atoms with Crippen molar-refractivity contribution in [2.75, 3.05) is 31.6 Å². The van der Waals surface area contributed by atoms with Crippen molar-refractivity contribution in [2.24, 2.45) is 12.0 Å². The van der Waals surface area contributed by atoms with Gasteiger partial charge in [0.15, 0.2) is 11.8 Å². The summed E-state index contributed by atoms with van der Waals surface area (Å²) in [7, 11) is 4.14. The van der Waals surface area contributed by atoms with Gasteiger partial charge in [-0.15, -0.1) is 10.2 Å². The number of aliphatic imine (C=N–C) groups is 1. The monoisotopic (exact) mass is 438 g/mol. The van der Waals surface area contributed by atoms with Crippen LogP contribution in [0.2, 0.25) is 0 Å². The minimum absolute atomic E-state index is 0.435. The summed E-state index contributed by atoms with van der Waals surface area (Å²) in [5.74, 6) is 2.67. The summed E-state index contributed by atoms with van der Waals surface area (Å²) in [6.45, 7) is 7.80. The fourth-order valence-electron chi connectivity index (χ4n) is 4.49. The van der Waals surface area contributed by atoms with Gasteiger partial charge in [0.2, 0.25) is 0 Å². The highest BCUT2D eigenvalue weighted by Crippen LogP contribution is 2.33. The van der Waals surface area contributed by atoms with Gasteiger partial charge < -0.3 is 20.1 Å². The molecule has 0 bridgehead atoms. The number of hydrogen-bond acceptors (Lipinski definition) is 5. The number of benzene rings is 1. The molecule has 2 fully saturated rings. The zero-order valence-electron chi connectivity index (χ0n) is 20.0. The summed E-state index contributed by atoms with van der Waals surface area (Å²) in [4.78, 5) is 9.81. The van der Waals surface area contributed by atoms with Gasteiger partial charge in [0.25, 0.3) is 0 Å². The second-order valence-electron chi connectivity index (χ2n) is 9.28. The Kier molecular flexibility index (Phi) is 7.29. The van der Waals surface area contributed by atoms with Gasteiger partial charge in [-0.3, -0.25) is 4.90 Å². The molecule has 2 unspecified atom stereocenters. The Bertz CT molecular complexity index is 889. The van der Waals surface area contributed by atoms with E-state index in [2.05, 4.69) is 74.9 Å². The number of para-hydroxylation sites is 1. The van der Waals surface area contributed by atoms with Crippen molar-refractivity contribution in [1.29, 1.82) is 0 Å². The average molecular weight is 439 g/mol. The van der Waals surface area contributed by atoms with Crippen molar-refractivity contribution < 1.29 is 0 Å². The summed E-state index contributed by atoms with van der Waals surface area (Å²) in [5.41, 5.74) is 1.25. The Balaban J connectivity index is 1.32. The van der Waals surface area contributed by atoms with E-state index in [9.17, 15) is 0 Å². The highest BCUT2D eigenvalue weighted by Gasteiger charge is 2.38. The van der Waals surface area contributed by atoms with Crippen LogP contribution in [0.1, 0.15) is 44.3 Å². The quantitative estimate of drug-likeness (QED) is 0.356. The van der Waals surface area contributed by atoms with Crippen LogP contribution in [0, 0.1) is 6.92 Å². The minimum atomic E-state index is 0.435. The maximum Gasteiger partial charge on any atom is 0.191 e. The van der Waals surface area contributed by atoms with Crippen molar-refractivity contribution in [1.82, 2.24) is 30.3 Å². The minimum Gasteiger partial charge on any atom is -0.375 e. The summed E-state index contributed by atoms with van der Waals surface area (Å²) in [5, 5.41) is 15.7. The highest BCUT2D eigenvalue weighted by molar-refractivity contribution is 5.80. The number of aromatic nitrogens is 3. The van der Waals surface area contributed by atoms with Crippen LogP contribution >= 0.6 is 0 Å². The third kappa shape index (κ3) is 5.79. The molecule has 32 heavy (non-hydrogen) atoms. The Labute approximate surface area is 192 Å². The van der Waals surface area contributed by atoms with Crippen LogP contribution in [-0.4, -0.2) is 70.4 Å². The third-order valence-electron chi connectivity index (χ3n) is 6.70. The van der Waals surface area contributed by atoms with Crippen LogP contribution in [0.15, 0.2) is 35.3 Å². The van der Waals surface area contributed by atoms with Gasteiger partial charge in [-0.25, -0.2) is 4.99 Å². The van der Waals surface area contributed by atoms with Gasteiger partial charge in [-0.1, -0.05) is 18.2 Å². The molecule has 1 saturated carbocycles. The van der Waals surface area contributed by atoms with Crippen LogP contribution < -0.4 is 15.5 Å². The lowest BCUT2D eigenvalue weighted by Crippen LogP contribution is -2.45. The van der Waals surface area contributed by atoms with E-state index in [-0.39, 0.29) is 0 Å². The van der Waals surface area contributed by atoms with Crippen LogP contribution in [0.3, 0.4) is 0 Å². The molecule has 1 aliphatic carbocycles. The molecule has 4 rings (SSSR count). The Morgan fingerprint density at radius 1 is 1.22 bits per heavy atom. The molecule has 1 aromatic carbocycles. The van der Waals surface area contributed by atoms with Crippen molar-refractivity contribution in [3.05, 3.63) is 42.0 Å².